The predicted octanol–water partition coefficient (Wildman–Crippen LogP) is 1.18. The third-order valence-corrected chi connectivity index (χ3v) is 4.74. The first kappa shape index (κ1) is 16.0. The topological polar surface area (TPSA) is 53.5 Å². The molecule has 1 atom stereocenters. The number of rotatable bonds is 6. The van der Waals surface area contributed by atoms with E-state index in [2.05, 4.69) is 4.98 Å². The van der Waals surface area contributed by atoms with Gasteiger partial charge >= 0.3 is 0 Å². The number of likely N-dealkylation sites (N-methyl/N-ethyl adjacent to an activating group) is 2. The third-order valence-electron chi connectivity index (χ3n) is 2.71. The van der Waals surface area contributed by atoms with E-state index in [9.17, 15) is 12.8 Å². The molecular weight excluding hydrogens is 269 g/mol. The Morgan fingerprint density at radius 3 is 2.53 bits per heavy atom. The van der Waals surface area contributed by atoms with Crippen molar-refractivity contribution in [1.29, 1.82) is 0 Å². The Hall–Kier alpha value is -1.05. The van der Waals surface area contributed by atoms with Gasteiger partial charge in [-0.05, 0) is 33.2 Å². The lowest BCUT2D eigenvalue weighted by atomic mass is 10.3. The van der Waals surface area contributed by atoms with Crippen molar-refractivity contribution in [2.24, 2.45) is 0 Å². The summed E-state index contributed by atoms with van der Waals surface area (Å²) in [4.78, 5) is 5.55. The van der Waals surface area contributed by atoms with E-state index in [1.165, 1.54) is 16.6 Å². The molecule has 1 rings (SSSR count). The molecule has 0 spiro atoms. The van der Waals surface area contributed by atoms with Crippen LogP contribution in [0.3, 0.4) is 0 Å². The van der Waals surface area contributed by atoms with Crippen LogP contribution in [0.25, 0.3) is 0 Å². The van der Waals surface area contributed by atoms with Crippen LogP contribution in [0.1, 0.15) is 13.8 Å². The summed E-state index contributed by atoms with van der Waals surface area (Å²) in [5.74, 6) is -0.821. The van der Waals surface area contributed by atoms with Crippen LogP contribution < -0.4 is 0 Å². The Labute approximate surface area is 114 Å². The molecular formula is C12H20FN3O2S. The summed E-state index contributed by atoms with van der Waals surface area (Å²) < 4.78 is 39.7. The fourth-order valence-electron chi connectivity index (χ4n) is 2.01. The van der Waals surface area contributed by atoms with Crippen molar-refractivity contribution in [3.63, 3.8) is 0 Å². The van der Waals surface area contributed by atoms with Crippen LogP contribution in [0.5, 0.6) is 0 Å². The van der Waals surface area contributed by atoms with E-state index >= 15 is 0 Å². The van der Waals surface area contributed by atoms with E-state index in [1.54, 1.807) is 13.8 Å². The molecule has 0 saturated carbocycles. The molecule has 1 aromatic heterocycles. The van der Waals surface area contributed by atoms with Gasteiger partial charge in [-0.2, -0.15) is 4.31 Å². The van der Waals surface area contributed by atoms with Crippen LogP contribution in [0.2, 0.25) is 0 Å². The zero-order valence-corrected chi connectivity index (χ0v) is 12.5. The first-order chi connectivity index (χ1) is 8.80. The van der Waals surface area contributed by atoms with Crippen LogP contribution >= 0.6 is 0 Å². The van der Waals surface area contributed by atoms with Crippen molar-refractivity contribution in [3.05, 3.63) is 24.1 Å². The zero-order chi connectivity index (χ0) is 14.6. The average molecular weight is 289 g/mol. The van der Waals surface area contributed by atoms with Crippen LogP contribution in [0.4, 0.5) is 4.39 Å². The van der Waals surface area contributed by atoms with Crippen LogP contribution in [0, 0.1) is 5.82 Å². The summed E-state index contributed by atoms with van der Waals surface area (Å²) in [7, 11) is -0.187. The number of sulfonamides is 1. The molecule has 0 aliphatic rings. The van der Waals surface area contributed by atoms with Crippen molar-refractivity contribution in [1.82, 2.24) is 14.2 Å². The van der Waals surface area contributed by atoms with E-state index in [0.29, 0.717) is 6.54 Å². The minimum Gasteiger partial charge on any atom is -0.308 e. The molecule has 7 heteroatoms. The van der Waals surface area contributed by atoms with Crippen molar-refractivity contribution >= 4 is 10.0 Å². The highest BCUT2D eigenvalue weighted by molar-refractivity contribution is 7.89. The quantitative estimate of drug-likeness (QED) is 0.789. The van der Waals surface area contributed by atoms with Gasteiger partial charge in [-0.15, -0.1) is 0 Å². The molecule has 0 aliphatic carbocycles. The molecule has 0 aliphatic heterocycles. The summed E-state index contributed by atoms with van der Waals surface area (Å²) in [6.07, 6.45) is 1.28. The smallest absolute Gasteiger partial charge is 0.263 e. The van der Waals surface area contributed by atoms with Crippen LogP contribution in [0.15, 0.2) is 23.4 Å². The number of nitrogens with zero attached hydrogens (tertiary/aromatic N) is 3. The molecule has 1 unspecified atom stereocenters. The van der Waals surface area contributed by atoms with Crippen molar-refractivity contribution < 1.29 is 12.8 Å². The van der Waals surface area contributed by atoms with Gasteiger partial charge in [0.05, 0.1) is 0 Å². The lowest BCUT2D eigenvalue weighted by Gasteiger charge is -2.28. The second kappa shape index (κ2) is 6.40. The Morgan fingerprint density at radius 2 is 2.05 bits per heavy atom. The minimum atomic E-state index is -3.91. The normalized spacial score (nSPS) is 14.1. The monoisotopic (exact) mass is 289 g/mol. The van der Waals surface area contributed by atoms with E-state index in [4.69, 9.17) is 0 Å². The molecule has 5 nitrogen and oxygen atoms in total. The maximum absolute atomic E-state index is 13.6. The molecule has 108 valence electrons. The lowest BCUT2D eigenvalue weighted by molar-refractivity contribution is 0.270. The standard InChI is InChI=1S/C12H20FN3O2S/c1-5-16(10(2)9-15(3)4)19(17,18)12-11(13)7-6-8-14-12/h6-8,10H,5,9H2,1-4H3. The van der Waals surface area contributed by atoms with Gasteiger partial charge in [0.2, 0.25) is 5.03 Å². The Balaban J connectivity index is 3.13. The number of hydrogen-bond acceptors (Lipinski definition) is 4. The first-order valence-corrected chi connectivity index (χ1v) is 7.51. The lowest BCUT2D eigenvalue weighted by Crippen LogP contribution is -2.44. The molecule has 0 bridgehead atoms. The van der Waals surface area contributed by atoms with Gasteiger partial charge in [0.15, 0.2) is 5.82 Å². The summed E-state index contributed by atoms with van der Waals surface area (Å²) >= 11 is 0. The van der Waals surface area contributed by atoms with Gasteiger partial charge in [0, 0.05) is 25.3 Å². The molecule has 1 aromatic rings. The Bertz CT molecular complexity index is 519. The van der Waals surface area contributed by atoms with E-state index in [-0.39, 0.29) is 12.6 Å². The summed E-state index contributed by atoms with van der Waals surface area (Å²) in [5.41, 5.74) is 0. The Kier molecular flexibility index (Phi) is 5.39. The highest BCUT2D eigenvalue weighted by Gasteiger charge is 2.31. The second-order valence-corrected chi connectivity index (χ2v) is 6.42. The Morgan fingerprint density at radius 1 is 1.42 bits per heavy atom. The fourth-order valence-corrected chi connectivity index (χ4v) is 3.62. The summed E-state index contributed by atoms with van der Waals surface area (Å²) in [6.45, 7) is 4.35. The number of pyridine rings is 1. The van der Waals surface area contributed by atoms with Gasteiger partial charge < -0.3 is 4.90 Å². The zero-order valence-electron chi connectivity index (χ0n) is 11.7. The average Bonchev–Trinajstić information content (AvgIpc) is 2.28. The van der Waals surface area contributed by atoms with E-state index < -0.39 is 20.9 Å². The van der Waals surface area contributed by atoms with Crippen molar-refractivity contribution in [3.8, 4) is 0 Å². The number of hydrogen-bond donors (Lipinski definition) is 0. The minimum absolute atomic E-state index is 0.258. The van der Waals surface area contributed by atoms with Gasteiger partial charge in [0.1, 0.15) is 0 Å². The van der Waals surface area contributed by atoms with E-state index in [1.807, 2.05) is 19.0 Å². The van der Waals surface area contributed by atoms with Gasteiger partial charge in [0.25, 0.3) is 10.0 Å². The summed E-state index contributed by atoms with van der Waals surface area (Å²) in [5, 5.41) is -0.512. The number of halogens is 1. The highest BCUT2D eigenvalue weighted by atomic mass is 32.2. The van der Waals surface area contributed by atoms with Crippen LogP contribution in [-0.2, 0) is 10.0 Å². The largest absolute Gasteiger partial charge is 0.308 e. The second-order valence-electron chi connectivity index (χ2n) is 4.61. The molecule has 0 N–H and O–H groups in total. The van der Waals surface area contributed by atoms with Crippen molar-refractivity contribution in [2.75, 3.05) is 27.2 Å². The number of aromatic nitrogens is 1. The van der Waals surface area contributed by atoms with E-state index in [0.717, 1.165) is 6.07 Å². The highest BCUT2D eigenvalue weighted by Crippen LogP contribution is 2.18. The molecule has 0 saturated heterocycles. The molecule has 0 aromatic carbocycles. The fraction of sp³-hybridized carbons (Fsp3) is 0.583. The molecule has 19 heavy (non-hydrogen) atoms. The third kappa shape index (κ3) is 3.71. The maximum atomic E-state index is 13.6. The van der Waals surface area contributed by atoms with Crippen molar-refractivity contribution in [2.45, 2.75) is 24.9 Å². The first-order valence-electron chi connectivity index (χ1n) is 6.07. The van der Waals surface area contributed by atoms with Gasteiger partial charge in [-0.1, -0.05) is 6.92 Å². The van der Waals surface area contributed by atoms with Gasteiger partial charge in [-0.3, -0.25) is 0 Å². The molecule has 1 heterocycles. The summed E-state index contributed by atoms with van der Waals surface area (Å²) in [6, 6.07) is 2.21. The van der Waals surface area contributed by atoms with Crippen LogP contribution in [-0.4, -0.2) is 55.8 Å². The maximum Gasteiger partial charge on any atom is 0.263 e. The molecule has 0 radical (unpaired) electrons. The van der Waals surface area contributed by atoms with Gasteiger partial charge in [-0.25, -0.2) is 17.8 Å². The molecule has 0 fully saturated rings. The predicted molar refractivity (Wildman–Crippen MR) is 71.8 cm³/mol. The SMILES string of the molecule is CCN(C(C)CN(C)C)S(=O)(=O)c1ncccc1F. The molecule has 0 amide bonds.